The second kappa shape index (κ2) is 4.96. The van der Waals surface area contributed by atoms with E-state index in [2.05, 4.69) is 0 Å². The van der Waals surface area contributed by atoms with Crippen molar-refractivity contribution in [1.82, 2.24) is 0 Å². The van der Waals surface area contributed by atoms with E-state index < -0.39 is 23.4 Å². The molecule has 0 N–H and O–H groups in total. The van der Waals surface area contributed by atoms with Crippen molar-refractivity contribution in [1.29, 1.82) is 0 Å². The van der Waals surface area contributed by atoms with Crippen LogP contribution in [-0.2, 0) is 10.9 Å². The highest BCUT2D eigenvalue weighted by molar-refractivity contribution is 5.33. The lowest BCUT2D eigenvalue weighted by Gasteiger charge is -2.34. The maximum Gasteiger partial charge on any atom is 0.419 e. The smallest absolute Gasteiger partial charge is 0.419 e. The summed E-state index contributed by atoms with van der Waals surface area (Å²) in [6.07, 6.45) is -4.28. The average molecular weight is 282 g/mol. The van der Waals surface area contributed by atoms with Gasteiger partial charge in [-0.15, -0.1) is 0 Å². The predicted octanol–water partition coefficient (Wildman–Crippen LogP) is 3.54. The van der Waals surface area contributed by atoms with Crippen molar-refractivity contribution < 1.29 is 31.4 Å². The molecule has 0 atom stereocenters. The molecular weight excluding hydrogens is 271 g/mol. The molecular formula is C12H11F5O2. The fourth-order valence-corrected chi connectivity index (χ4v) is 1.84. The molecule has 1 aromatic rings. The quantitative estimate of drug-likeness (QED) is 0.789. The molecule has 1 fully saturated rings. The number of alkyl halides is 3. The summed E-state index contributed by atoms with van der Waals surface area (Å²) in [5, 5.41) is 0. The van der Waals surface area contributed by atoms with Gasteiger partial charge in [0.25, 0.3) is 0 Å². The van der Waals surface area contributed by atoms with Crippen molar-refractivity contribution in [3.8, 4) is 5.75 Å². The molecule has 0 aliphatic heterocycles. The summed E-state index contributed by atoms with van der Waals surface area (Å²) < 4.78 is 73.7. The number of hydrogen-bond donors (Lipinski definition) is 0. The maximum atomic E-state index is 13.1. The van der Waals surface area contributed by atoms with Crippen molar-refractivity contribution >= 4 is 0 Å². The topological polar surface area (TPSA) is 18.5 Å². The van der Waals surface area contributed by atoms with Gasteiger partial charge in [-0.1, -0.05) is 0 Å². The van der Waals surface area contributed by atoms with E-state index in [0.29, 0.717) is 25.0 Å². The van der Waals surface area contributed by atoms with Gasteiger partial charge in [0.15, 0.2) is 11.6 Å². The van der Waals surface area contributed by atoms with Crippen LogP contribution in [0.5, 0.6) is 5.75 Å². The minimum Gasteiger partial charge on any atom is -0.490 e. The molecule has 106 valence electrons. The molecule has 7 heteroatoms. The van der Waals surface area contributed by atoms with E-state index in [1.165, 1.54) is 7.11 Å². The van der Waals surface area contributed by atoms with Crippen LogP contribution in [0.25, 0.3) is 0 Å². The number of hydrogen-bond acceptors (Lipinski definition) is 2. The molecule has 1 aliphatic carbocycles. The van der Waals surface area contributed by atoms with Crippen LogP contribution in [0.2, 0.25) is 0 Å². The van der Waals surface area contributed by atoms with E-state index in [1.54, 1.807) is 0 Å². The Kier molecular flexibility index (Phi) is 3.66. The third-order valence-corrected chi connectivity index (χ3v) is 2.99. The van der Waals surface area contributed by atoms with Crippen molar-refractivity contribution in [2.45, 2.75) is 31.2 Å². The Bertz CT molecular complexity index is 466. The Morgan fingerprint density at radius 2 is 1.74 bits per heavy atom. The van der Waals surface area contributed by atoms with E-state index >= 15 is 0 Å². The summed E-state index contributed by atoms with van der Waals surface area (Å²) in [5.41, 5.74) is -1.66. The van der Waals surface area contributed by atoms with Gasteiger partial charge in [0.2, 0.25) is 0 Å². The van der Waals surface area contributed by atoms with Gasteiger partial charge in [-0.3, -0.25) is 0 Å². The van der Waals surface area contributed by atoms with Crippen molar-refractivity contribution in [3.05, 3.63) is 29.3 Å². The highest BCUT2D eigenvalue weighted by Gasteiger charge is 2.37. The number of halogens is 5. The standard InChI is InChI=1S/C12H11F5O2/c1-18-6-2-7(3-6)19-8-4-9(12(15,16)17)11(14)10(13)5-8/h4-7H,2-3H2,1H3. The number of rotatable bonds is 3. The van der Waals surface area contributed by atoms with Crippen LogP contribution in [0, 0.1) is 11.6 Å². The first-order chi connectivity index (χ1) is 8.81. The molecule has 1 aromatic carbocycles. The van der Waals surface area contributed by atoms with Crippen molar-refractivity contribution in [3.63, 3.8) is 0 Å². The highest BCUT2D eigenvalue weighted by atomic mass is 19.4. The Hall–Kier alpha value is -1.37. The molecule has 0 unspecified atom stereocenters. The Labute approximate surface area is 106 Å². The fourth-order valence-electron chi connectivity index (χ4n) is 1.84. The number of benzene rings is 1. The first-order valence-electron chi connectivity index (χ1n) is 5.57. The van der Waals surface area contributed by atoms with Crippen LogP contribution in [0.4, 0.5) is 22.0 Å². The summed E-state index contributed by atoms with van der Waals surface area (Å²) >= 11 is 0. The Balaban J connectivity index is 2.16. The second-order valence-corrected chi connectivity index (χ2v) is 4.33. The molecule has 0 aromatic heterocycles. The third-order valence-electron chi connectivity index (χ3n) is 2.99. The monoisotopic (exact) mass is 282 g/mol. The van der Waals surface area contributed by atoms with Gasteiger partial charge in [0.05, 0.1) is 11.7 Å². The van der Waals surface area contributed by atoms with E-state index in [-0.39, 0.29) is 18.0 Å². The van der Waals surface area contributed by atoms with Crippen LogP contribution in [0.1, 0.15) is 18.4 Å². The lowest BCUT2D eigenvalue weighted by atomic mass is 9.92. The van der Waals surface area contributed by atoms with Crippen LogP contribution in [0.3, 0.4) is 0 Å². The van der Waals surface area contributed by atoms with E-state index in [0.717, 1.165) is 0 Å². The average Bonchev–Trinajstić information content (AvgIpc) is 2.25. The Morgan fingerprint density at radius 1 is 1.11 bits per heavy atom. The molecule has 2 nitrogen and oxygen atoms in total. The van der Waals surface area contributed by atoms with Gasteiger partial charge in [-0.25, -0.2) is 8.78 Å². The number of methoxy groups -OCH3 is 1. The van der Waals surface area contributed by atoms with Gasteiger partial charge in [0.1, 0.15) is 11.9 Å². The van der Waals surface area contributed by atoms with Crippen molar-refractivity contribution in [2.24, 2.45) is 0 Å². The molecule has 2 rings (SSSR count). The molecule has 0 bridgehead atoms. The molecule has 0 saturated heterocycles. The zero-order valence-electron chi connectivity index (χ0n) is 9.93. The summed E-state index contributed by atoms with van der Waals surface area (Å²) in [6, 6.07) is 1.09. The van der Waals surface area contributed by atoms with Crippen LogP contribution >= 0.6 is 0 Å². The fraction of sp³-hybridized carbons (Fsp3) is 0.500. The molecule has 1 saturated carbocycles. The van der Waals surface area contributed by atoms with Crippen LogP contribution in [0.15, 0.2) is 12.1 Å². The maximum absolute atomic E-state index is 13.1. The zero-order chi connectivity index (χ0) is 14.2. The minimum atomic E-state index is -4.96. The number of ether oxygens (including phenoxy) is 2. The zero-order valence-corrected chi connectivity index (χ0v) is 9.93. The third kappa shape index (κ3) is 2.97. The van der Waals surface area contributed by atoms with Gasteiger partial charge in [-0.2, -0.15) is 13.2 Å². The molecule has 19 heavy (non-hydrogen) atoms. The summed E-state index contributed by atoms with van der Waals surface area (Å²) in [4.78, 5) is 0. The molecule has 0 radical (unpaired) electrons. The largest absolute Gasteiger partial charge is 0.490 e. The normalized spacial score (nSPS) is 23.1. The molecule has 1 aliphatic rings. The minimum absolute atomic E-state index is 0.00242. The summed E-state index contributed by atoms with van der Waals surface area (Å²) in [6.45, 7) is 0. The van der Waals surface area contributed by atoms with Crippen LogP contribution in [-0.4, -0.2) is 19.3 Å². The van der Waals surface area contributed by atoms with E-state index in [9.17, 15) is 22.0 Å². The molecule has 0 heterocycles. The molecule has 0 spiro atoms. The van der Waals surface area contributed by atoms with Crippen LogP contribution < -0.4 is 4.74 Å². The van der Waals surface area contributed by atoms with Crippen molar-refractivity contribution in [2.75, 3.05) is 7.11 Å². The van der Waals surface area contributed by atoms with E-state index in [1.807, 2.05) is 0 Å². The lowest BCUT2D eigenvalue weighted by Crippen LogP contribution is -2.38. The Morgan fingerprint density at radius 3 is 2.26 bits per heavy atom. The first-order valence-corrected chi connectivity index (χ1v) is 5.57. The second-order valence-electron chi connectivity index (χ2n) is 4.33. The summed E-state index contributed by atoms with van der Waals surface area (Å²) in [7, 11) is 1.51. The summed E-state index contributed by atoms with van der Waals surface area (Å²) in [5.74, 6) is -3.82. The molecule has 0 amide bonds. The lowest BCUT2D eigenvalue weighted by molar-refractivity contribution is -0.140. The van der Waals surface area contributed by atoms with Gasteiger partial charge in [0, 0.05) is 26.0 Å². The highest BCUT2D eigenvalue weighted by Crippen LogP contribution is 2.36. The predicted molar refractivity (Wildman–Crippen MR) is 55.8 cm³/mol. The first kappa shape index (κ1) is 14.0. The van der Waals surface area contributed by atoms with Gasteiger partial charge < -0.3 is 9.47 Å². The van der Waals surface area contributed by atoms with Gasteiger partial charge in [-0.05, 0) is 6.07 Å². The van der Waals surface area contributed by atoms with Gasteiger partial charge >= 0.3 is 6.18 Å². The SMILES string of the molecule is COC1CC(Oc2cc(F)c(F)c(C(F)(F)F)c2)C1. The van der Waals surface area contributed by atoms with E-state index in [4.69, 9.17) is 9.47 Å².